The number of carbonyl (C=O) groups is 1. The summed E-state index contributed by atoms with van der Waals surface area (Å²) in [7, 11) is 0. The lowest BCUT2D eigenvalue weighted by Crippen LogP contribution is -2.14. The molecule has 1 aromatic heterocycles. The van der Waals surface area contributed by atoms with Crippen LogP contribution in [0.1, 0.15) is 23.7 Å². The third-order valence-corrected chi connectivity index (χ3v) is 2.60. The zero-order valence-corrected chi connectivity index (χ0v) is 9.96. The van der Waals surface area contributed by atoms with Gasteiger partial charge in [0.05, 0.1) is 12.1 Å². The predicted molar refractivity (Wildman–Crippen MR) is 65.9 cm³/mol. The second-order valence-electron chi connectivity index (χ2n) is 4.12. The van der Waals surface area contributed by atoms with Gasteiger partial charge in [-0.1, -0.05) is 12.1 Å². The Bertz CT molecular complexity index is 546. The van der Waals surface area contributed by atoms with E-state index in [1.807, 2.05) is 19.1 Å². The molecule has 0 radical (unpaired) electrons. The molecule has 0 fully saturated rings. The van der Waals surface area contributed by atoms with E-state index in [1.165, 1.54) is 0 Å². The second kappa shape index (κ2) is 5.01. The average molecular weight is 246 g/mol. The highest BCUT2D eigenvalue weighted by Gasteiger charge is 2.11. The summed E-state index contributed by atoms with van der Waals surface area (Å²) in [6.07, 6.45) is 1.50. The van der Waals surface area contributed by atoms with Crippen molar-refractivity contribution in [3.8, 4) is 11.5 Å². The molecule has 0 aliphatic heterocycles. The molecule has 1 heterocycles. The van der Waals surface area contributed by atoms with Crippen LogP contribution in [-0.4, -0.2) is 16.1 Å². The molecular formula is C13H14N2O3. The lowest BCUT2D eigenvalue weighted by Gasteiger charge is -2.09. The van der Waals surface area contributed by atoms with Gasteiger partial charge in [-0.3, -0.25) is 4.79 Å². The van der Waals surface area contributed by atoms with Crippen LogP contribution in [0.2, 0.25) is 0 Å². The average Bonchev–Trinajstić information content (AvgIpc) is 2.75. The predicted octanol–water partition coefficient (Wildman–Crippen LogP) is 2.12. The minimum Gasteiger partial charge on any atom is -0.481 e. The Labute approximate surface area is 104 Å². The largest absolute Gasteiger partial charge is 0.481 e. The van der Waals surface area contributed by atoms with E-state index in [-0.39, 0.29) is 6.42 Å². The number of benzene rings is 1. The maximum atomic E-state index is 10.6. The Morgan fingerprint density at radius 3 is 2.61 bits per heavy atom. The first kappa shape index (κ1) is 12.3. The number of nitrogens with two attached hydrogens (primary N) is 1. The highest BCUT2D eigenvalue weighted by molar-refractivity contribution is 5.68. The SMILES string of the molecule is Cc1coc(-c2ccc(C(N)CC(=O)O)cc2)n1. The Morgan fingerprint density at radius 1 is 1.44 bits per heavy atom. The highest BCUT2D eigenvalue weighted by atomic mass is 16.4. The molecule has 0 amide bonds. The number of aliphatic carboxylic acids is 1. The summed E-state index contributed by atoms with van der Waals surface area (Å²) in [4.78, 5) is 14.8. The Kier molecular flexibility index (Phi) is 3.43. The van der Waals surface area contributed by atoms with Gasteiger partial charge in [0.1, 0.15) is 6.26 Å². The summed E-state index contributed by atoms with van der Waals surface area (Å²) < 4.78 is 5.28. The van der Waals surface area contributed by atoms with Crippen LogP contribution in [0.5, 0.6) is 0 Å². The molecule has 0 bridgehead atoms. The highest BCUT2D eigenvalue weighted by Crippen LogP contribution is 2.21. The first-order valence-corrected chi connectivity index (χ1v) is 5.56. The van der Waals surface area contributed by atoms with Crippen LogP contribution in [-0.2, 0) is 4.79 Å². The number of aromatic nitrogens is 1. The van der Waals surface area contributed by atoms with Crippen molar-refractivity contribution < 1.29 is 14.3 Å². The number of hydrogen-bond donors (Lipinski definition) is 2. The normalized spacial score (nSPS) is 12.3. The number of aryl methyl sites for hydroxylation is 1. The van der Waals surface area contributed by atoms with E-state index in [0.717, 1.165) is 16.8 Å². The number of oxazole rings is 1. The molecule has 1 aromatic carbocycles. The van der Waals surface area contributed by atoms with E-state index in [9.17, 15) is 4.79 Å². The van der Waals surface area contributed by atoms with Gasteiger partial charge in [0.2, 0.25) is 5.89 Å². The summed E-state index contributed by atoms with van der Waals surface area (Å²) in [6.45, 7) is 1.85. The molecule has 0 saturated heterocycles. The van der Waals surface area contributed by atoms with Crippen LogP contribution in [0.15, 0.2) is 34.9 Å². The van der Waals surface area contributed by atoms with E-state index >= 15 is 0 Å². The van der Waals surface area contributed by atoms with Crippen molar-refractivity contribution in [2.75, 3.05) is 0 Å². The number of rotatable bonds is 4. The topological polar surface area (TPSA) is 89.3 Å². The van der Waals surface area contributed by atoms with Crippen molar-refractivity contribution in [1.82, 2.24) is 4.98 Å². The molecule has 1 atom stereocenters. The second-order valence-corrected chi connectivity index (χ2v) is 4.12. The zero-order chi connectivity index (χ0) is 13.1. The van der Waals surface area contributed by atoms with Crippen LogP contribution >= 0.6 is 0 Å². The van der Waals surface area contributed by atoms with E-state index in [1.54, 1.807) is 18.4 Å². The van der Waals surface area contributed by atoms with Crippen LogP contribution in [0, 0.1) is 6.92 Å². The molecule has 94 valence electrons. The van der Waals surface area contributed by atoms with Gasteiger partial charge in [-0.05, 0) is 24.6 Å². The van der Waals surface area contributed by atoms with Crippen molar-refractivity contribution in [3.05, 3.63) is 41.8 Å². The van der Waals surface area contributed by atoms with Gasteiger partial charge < -0.3 is 15.3 Å². The smallest absolute Gasteiger partial charge is 0.305 e. The molecule has 2 aromatic rings. The molecular weight excluding hydrogens is 232 g/mol. The van der Waals surface area contributed by atoms with Gasteiger partial charge in [0, 0.05) is 11.6 Å². The molecule has 1 unspecified atom stereocenters. The Hall–Kier alpha value is -2.14. The summed E-state index contributed by atoms with van der Waals surface area (Å²) in [5.74, 6) is -0.360. The van der Waals surface area contributed by atoms with Gasteiger partial charge in [-0.25, -0.2) is 4.98 Å². The number of hydrogen-bond acceptors (Lipinski definition) is 4. The molecule has 5 heteroatoms. The number of nitrogens with zero attached hydrogens (tertiary/aromatic N) is 1. The van der Waals surface area contributed by atoms with E-state index < -0.39 is 12.0 Å². The van der Waals surface area contributed by atoms with E-state index in [0.29, 0.717) is 5.89 Å². The summed E-state index contributed by atoms with van der Waals surface area (Å²) >= 11 is 0. The Morgan fingerprint density at radius 2 is 2.11 bits per heavy atom. The Balaban J connectivity index is 2.17. The quantitative estimate of drug-likeness (QED) is 0.862. The van der Waals surface area contributed by atoms with Gasteiger partial charge in [0.15, 0.2) is 0 Å². The van der Waals surface area contributed by atoms with Gasteiger partial charge in [0.25, 0.3) is 0 Å². The fourth-order valence-electron chi connectivity index (χ4n) is 1.67. The minimum absolute atomic E-state index is 0.0859. The molecule has 0 saturated carbocycles. The van der Waals surface area contributed by atoms with Crippen LogP contribution in [0.3, 0.4) is 0 Å². The van der Waals surface area contributed by atoms with E-state index in [2.05, 4.69) is 4.98 Å². The van der Waals surface area contributed by atoms with Crippen molar-refractivity contribution in [2.45, 2.75) is 19.4 Å². The third kappa shape index (κ3) is 2.75. The van der Waals surface area contributed by atoms with Gasteiger partial charge in [-0.2, -0.15) is 0 Å². The third-order valence-electron chi connectivity index (χ3n) is 2.60. The summed E-state index contributed by atoms with van der Waals surface area (Å²) in [5.41, 5.74) is 8.21. The first-order valence-electron chi connectivity index (χ1n) is 5.56. The van der Waals surface area contributed by atoms with Gasteiger partial charge >= 0.3 is 5.97 Å². The van der Waals surface area contributed by atoms with Crippen LogP contribution in [0.25, 0.3) is 11.5 Å². The maximum absolute atomic E-state index is 10.6. The molecule has 0 aliphatic carbocycles. The monoisotopic (exact) mass is 246 g/mol. The number of carboxylic acid groups (broad SMARTS) is 1. The standard InChI is InChI=1S/C13H14N2O3/c1-8-7-18-13(15-8)10-4-2-9(3-5-10)11(14)6-12(16)17/h2-5,7,11H,6,14H2,1H3,(H,16,17). The molecule has 5 nitrogen and oxygen atoms in total. The van der Waals surface area contributed by atoms with Crippen molar-refractivity contribution in [3.63, 3.8) is 0 Å². The minimum atomic E-state index is -0.907. The molecule has 0 spiro atoms. The van der Waals surface area contributed by atoms with Crippen LogP contribution in [0.4, 0.5) is 0 Å². The molecule has 18 heavy (non-hydrogen) atoms. The van der Waals surface area contributed by atoms with Crippen molar-refractivity contribution >= 4 is 5.97 Å². The fraction of sp³-hybridized carbons (Fsp3) is 0.231. The van der Waals surface area contributed by atoms with Crippen molar-refractivity contribution in [2.24, 2.45) is 5.73 Å². The van der Waals surface area contributed by atoms with Crippen molar-refractivity contribution in [1.29, 1.82) is 0 Å². The lowest BCUT2D eigenvalue weighted by molar-refractivity contribution is -0.137. The molecule has 0 aliphatic rings. The zero-order valence-electron chi connectivity index (χ0n) is 9.96. The lowest BCUT2D eigenvalue weighted by atomic mass is 10.0. The van der Waals surface area contributed by atoms with E-state index in [4.69, 9.17) is 15.3 Å². The summed E-state index contributed by atoms with van der Waals surface area (Å²) in [6, 6.07) is 6.73. The molecule has 3 N–H and O–H groups in total. The first-order chi connectivity index (χ1) is 8.56. The number of carboxylic acids is 1. The van der Waals surface area contributed by atoms with Crippen LogP contribution < -0.4 is 5.73 Å². The maximum Gasteiger partial charge on any atom is 0.305 e. The fourth-order valence-corrected chi connectivity index (χ4v) is 1.67. The molecule has 2 rings (SSSR count). The van der Waals surface area contributed by atoms with Gasteiger partial charge in [-0.15, -0.1) is 0 Å². The summed E-state index contributed by atoms with van der Waals surface area (Å²) in [5, 5.41) is 8.68.